The highest BCUT2D eigenvalue weighted by Gasteiger charge is 2.36. The number of benzene rings is 7. The molecule has 216 valence electrons. The van der Waals surface area contributed by atoms with E-state index in [9.17, 15) is 0 Å². The summed E-state index contributed by atoms with van der Waals surface area (Å²) in [7, 11) is 0. The van der Waals surface area contributed by atoms with Crippen molar-refractivity contribution in [3.05, 3.63) is 151 Å². The first kappa shape index (κ1) is 25.5. The topological polar surface area (TPSA) is 30.7 Å². The van der Waals surface area contributed by atoms with Gasteiger partial charge in [-0.1, -0.05) is 123 Å². The Hall–Kier alpha value is -5.80. The quantitative estimate of drug-likeness (QED) is 0.201. The summed E-state index contributed by atoms with van der Waals surface area (Å²) in [5, 5.41) is 8.41. The van der Waals surface area contributed by atoms with Crippen molar-refractivity contribution in [3.8, 4) is 28.3 Å². The summed E-state index contributed by atoms with van der Waals surface area (Å²) in [6.45, 7) is 4.72. The van der Waals surface area contributed by atoms with Crippen LogP contribution in [0.4, 0.5) is 0 Å². The van der Waals surface area contributed by atoms with Gasteiger partial charge in [0.15, 0.2) is 0 Å². The van der Waals surface area contributed by atoms with Crippen molar-refractivity contribution in [2.45, 2.75) is 19.3 Å². The maximum Gasteiger partial charge on any atom is 0.235 e. The van der Waals surface area contributed by atoms with Gasteiger partial charge < -0.3 is 0 Å². The summed E-state index contributed by atoms with van der Waals surface area (Å²) in [6.07, 6.45) is 0. The molecule has 3 heteroatoms. The lowest BCUT2D eigenvalue weighted by Crippen LogP contribution is -2.15. The fourth-order valence-electron chi connectivity index (χ4n) is 8.02. The maximum atomic E-state index is 5.39. The highest BCUT2D eigenvalue weighted by molar-refractivity contribution is 6.15. The Morgan fingerprint density at radius 1 is 0.500 bits per heavy atom. The number of para-hydroxylation sites is 2. The SMILES string of the molecule is CC1(C)c2ccccc2-c2ccc3cc4c5ccccc5n(-c5nc(-c6ccc7ccccc7c6)c6ccccc6n5)c4cc3c21. The smallest absolute Gasteiger partial charge is 0.235 e. The Labute approximate surface area is 266 Å². The van der Waals surface area contributed by atoms with E-state index in [0.29, 0.717) is 5.95 Å². The maximum absolute atomic E-state index is 5.39. The normalized spacial score (nSPS) is 13.6. The zero-order chi connectivity index (χ0) is 30.6. The van der Waals surface area contributed by atoms with E-state index in [1.807, 2.05) is 0 Å². The zero-order valence-electron chi connectivity index (χ0n) is 25.6. The van der Waals surface area contributed by atoms with Crippen LogP contribution in [-0.4, -0.2) is 14.5 Å². The third-order valence-electron chi connectivity index (χ3n) is 10.1. The Morgan fingerprint density at radius 2 is 1.24 bits per heavy atom. The highest BCUT2D eigenvalue weighted by Crippen LogP contribution is 2.52. The molecule has 9 aromatic rings. The van der Waals surface area contributed by atoms with E-state index in [4.69, 9.17) is 9.97 Å². The number of hydrogen-bond donors (Lipinski definition) is 0. The molecule has 0 unspecified atom stereocenters. The van der Waals surface area contributed by atoms with Crippen LogP contribution < -0.4 is 0 Å². The predicted octanol–water partition coefficient (Wildman–Crippen LogP) is 11.0. The van der Waals surface area contributed by atoms with E-state index >= 15 is 0 Å². The molecule has 3 nitrogen and oxygen atoms in total. The summed E-state index contributed by atoms with van der Waals surface area (Å²) in [6, 6.07) is 50.4. The van der Waals surface area contributed by atoms with Crippen molar-refractivity contribution in [2.75, 3.05) is 0 Å². The van der Waals surface area contributed by atoms with Gasteiger partial charge in [-0.15, -0.1) is 0 Å². The molecule has 0 aliphatic heterocycles. The summed E-state index contributed by atoms with van der Waals surface area (Å²) in [4.78, 5) is 10.6. The molecular formula is C43H29N3. The molecule has 1 aliphatic rings. The monoisotopic (exact) mass is 587 g/mol. The number of hydrogen-bond acceptors (Lipinski definition) is 2. The molecule has 7 aromatic carbocycles. The number of rotatable bonds is 2. The Morgan fingerprint density at radius 3 is 2.15 bits per heavy atom. The fourth-order valence-corrected chi connectivity index (χ4v) is 8.02. The van der Waals surface area contributed by atoms with Gasteiger partial charge >= 0.3 is 0 Å². The molecule has 0 fully saturated rings. The Balaban J connectivity index is 1.30. The van der Waals surface area contributed by atoms with Gasteiger partial charge in [0.1, 0.15) is 0 Å². The third kappa shape index (κ3) is 3.43. The first-order valence-corrected chi connectivity index (χ1v) is 15.9. The van der Waals surface area contributed by atoms with E-state index in [0.717, 1.165) is 33.2 Å². The lowest BCUT2D eigenvalue weighted by Gasteiger charge is -2.23. The van der Waals surface area contributed by atoms with Crippen LogP contribution >= 0.6 is 0 Å². The van der Waals surface area contributed by atoms with Gasteiger partial charge in [0, 0.05) is 27.1 Å². The van der Waals surface area contributed by atoms with Crippen LogP contribution in [0.3, 0.4) is 0 Å². The van der Waals surface area contributed by atoms with E-state index in [-0.39, 0.29) is 5.41 Å². The van der Waals surface area contributed by atoms with Crippen molar-refractivity contribution in [2.24, 2.45) is 0 Å². The second-order valence-corrected chi connectivity index (χ2v) is 13.1. The second-order valence-electron chi connectivity index (χ2n) is 13.1. The molecule has 46 heavy (non-hydrogen) atoms. The number of fused-ring (bicyclic) bond motifs is 10. The van der Waals surface area contributed by atoms with Gasteiger partial charge in [0.25, 0.3) is 0 Å². The Kier molecular flexibility index (Phi) is 5.06. The molecule has 2 heterocycles. The van der Waals surface area contributed by atoms with E-state index in [1.165, 1.54) is 54.6 Å². The summed E-state index contributed by atoms with van der Waals surface area (Å²) in [5.41, 5.74) is 10.5. The summed E-state index contributed by atoms with van der Waals surface area (Å²) in [5.74, 6) is 0.683. The molecule has 2 aromatic heterocycles. The van der Waals surface area contributed by atoms with Crippen molar-refractivity contribution >= 4 is 54.3 Å². The minimum atomic E-state index is -0.112. The lowest BCUT2D eigenvalue weighted by molar-refractivity contribution is 0.666. The van der Waals surface area contributed by atoms with Gasteiger partial charge in [0.05, 0.1) is 22.2 Å². The molecule has 1 aliphatic carbocycles. The van der Waals surface area contributed by atoms with Gasteiger partial charge in [-0.2, -0.15) is 0 Å². The van der Waals surface area contributed by atoms with Crippen molar-refractivity contribution < 1.29 is 0 Å². The largest absolute Gasteiger partial charge is 0.278 e. The minimum Gasteiger partial charge on any atom is -0.278 e. The average Bonchev–Trinajstić information content (AvgIpc) is 3.54. The fraction of sp³-hybridized carbons (Fsp3) is 0.0698. The van der Waals surface area contributed by atoms with E-state index in [2.05, 4.69) is 158 Å². The lowest BCUT2D eigenvalue weighted by atomic mass is 9.80. The molecule has 0 saturated heterocycles. The molecule has 0 saturated carbocycles. The number of nitrogens with zero attached hydrogens (tertiary/aromatic N) is 3. The van der Waals surface area contributed by atoms with Crippen molar-refractivity contribution in [3.63, 3.8) is 0 Å². The van der Waals surface area contributed by atoms with Crippen LogP contribution in [0.25, 0.3) is 82.6 Å². The number of aromatic nitrogens is 3. The van der Waals surface area contributed by atoms with Crippen molar-refractivity contribution in [1.29, 1.82) is 0 Å². The van der Waals surface area contributed by atoms with Crippen LogP contribution in [-0.2, 0) is 5.41 Å². The van der Waals surface area contributed by atoms with Gasteiger partial charge in [-0.05, 0) is 74.1 Å². The van der Waals surface area contributed by atoms with Crippen LogP contribution in [0.15, 0.2) is 140 Å². The molecule has 0 N–H and O–H groups in total. The standard InChI is InChI=1S/C43H29N3/c1-43(2)36-16-8-5-13-30(36)32-22-21-28-24-35-31-14-7-10-18-38(31)46(39(35)25-34(28)40(32)43)42-44-37-17-9-6-15-33(37)41(45-42)29-20-19-26-11-3-4-12-27(26)23-29/h3-25H,1-2H3. The van der Waals surface area contributed by atoms with Gasteiger partial charge in [-0.25, -0.2) is 9.97 Å². The van der Waals surface area contributed by atoms with E-state index < -0.39 is 0 Å². The molecule has 0 radical (unpaired) electrons. The molecular weight excluding hydrogens is 558 g/mol. The molecule has 0 atom stereocenters. The van der Waals surface area contributed by atoms with E-state index in [1.54, 1.807) is 0 Å². The molecule has 0 bridgehead atoms. The van der Waals surface area contributed by atoms with Crippen LogP contribution in [0, 0.1) is 0 Å². The van der Waals surface area contributed by atoms with Crippen LogP contribution in [0.1, 0.15) is 25.0 Å². The molecule has 10 rings (SSSR count). The first-order chi connectivity index (χ1) is 22.6. The third-order valence-corrected chi connectivity index (χ3v) is 10.1. The Bertz CT molecular complexity index is 2730. The van der Waals surface area contributed by atoms with Gasteiger partial charge in [0.2, 0.25) is 5.95 Å². The molecule has 0 amide bonds. The highest BCUT2D eigenvalue weighted by atomic mass is 15.2. The molecule has 0 spiro atoms. The van der Waals surface area contributed by atoms with Crippen LogP contribution in [0.5, 0.6) is 0 Å². The average molecular weight is 588 g/mol. The van der Waals surface area contributed by atoms with Crippen LogP contribution in [0.2, 0.25) is 0 Å². The summed E-state index contributed by atoms with van der Waals surface area (Å²) < 4.78 is 2.27. The van der Waals surface area contributed by atoms with Crippen molar-refractivity contribution in [1.82, 2.24) is 14.5 Å². The van der Waals surface area contributed by atoms with Gasteiger partial charge in [-0.3, -0.25) is 4.57 Å². The second kappa shape index (κ2) is 9.12. The summed E-state index contributed by atoms with van der Waals surface area (Å²) >= 11 is 0. The first-order valence-electron chi connectivity index (χ1n) is 15.9. The predicted molar refractivity (Wildman–Crippen MR) is 192 cm³/mol. The zero-order valence-corrected chi connectivity index (χ0v) is 25.6. The minimum absolute atomic E-state index is 0.112.